The molecule has 3 aliphatic rings. The van der Waals surface area contributed by atoms with Gasteiger partial charge in [-0.25, -0.2) is 9.97 Å². The number of piperazine rings is 1. The Morgan fingerprint density at radius 2 is 1.92 bits per heavy atom. The fourth-order valence-electron chi connectivity index (χ4n) is 5.24. The number of ether oxygens (including phenoxy) is 1. The number of allylic oxidation sites excluding steroid dienone is 3. The predicted octanol–water partition coefficient (Wildman–Crippen LogP) is 3.44. The van der Waals surface area contributed by atoms with E-state index >= 15 is 0 Å². The van der Waals surface area contributed by atoms with Crippen molar-refractivity contribution in [1.82, 2.24) is 19.9 Å². The number of amides is 1. The predicted molar refractivity (Wildman–Crippen MR) is 141 cm³/mol. The molecule has 0 spiro atoms. The molecular formula is C28H34N6O2. The van der Waals surface area contributed by atoms with Crippen LogP contribution in [0.3, 0.4) is 0 Å². The van der Waals surface area contributed by atoms with E-state index in [-0.39, 0.29) is 23.9 Å². The van der Waals surface area contributed by atoms with Gasteiger partial charge in [0.2, 0.25) is 11.9 Å². The third-order valence-electron chi connectivity index (χ3n) is 7.45. The van der Waals surface area contributed by atoms with E-state index in [9.17, 15) is 4.79 Å². The average Bonchev–Trinajstić information content (AvgIpc) is 3.34. The summed E-state index contributed by atoms with van der Waals surface area (Å²) in [6.07, 6.45) is 13.8. The Kier molecular flexibility index (Phi) is 6.76. The molecule has 2 atom stereocenters. The van der Waals surface area contributed by atoms with Crippen LogP contribution in [0.5, 0.6) is 5.75 Å². The smallest absolute Gasteiger partial charge is 0.243 e. The number of methoxy groups -OCH3 is 1. The van der Waals surface area contributed by atoms with Crippen molar-refractivity contribution in [3.63, 3.8) is 0 Å². The average molecular weight is 487 g/mol. The molecule has 2 aliphatic heterocycles. The van der Waals surface area contributed by atoms with Crippen molar-refractivity contribution in [2.75, 3.05) is 44.7 Å². The summed E-state index contributed by atoms with van der Waals surface area (Å²) >= 11 is 0. The maximum atomic E-state index is 13.4. The van der Waals surface area contributed by atoms with Gasteiger partial charge in [0.15, 0.2) is 5.75 Å². The first-order valence-electron chi connectivity index (χ1n) is 12.6. The van der Waals surface area contributed by atoms with Crippen molar-refractivity contribution in [1.29, 1.82) is 0 Å². The highest BCUT2D eigenvalue weighted by atomic mass is 16.5. The van der Waals surface area contributed by atoms with Gasteiger partial charge in [-0.15, -0.1) is 0 Å². The molecule has 1 fully saturated rings. The first-order valence-corrected chi connectivity index (χ1v) is 12.6. The summed E-state index contributed by atoms with van der Waals surface area (Å²) in [4.78, 5) is 26.2. The molecule has 0 saturated carbocycles. The van der Waals surface area contributed by atoms with Crippen LogP contribution in [0, 0.1) is 12.3 Å². The van der Waals surface area contributed by atoms with Crippen molar-refractivity contribution in [3.8, 4) is 5.75 Å². The molecule has 0 radical (unpaired) electrons. The van der Waals surface area contributed by atoms with Crippen LogP contribution in [0.2, 0.25) is 0 Å². The lowest BCUT2D eigenvalue weighted by atomic mass is 9.75. The van der Waals surface area contributed by atoms with Crippen molar-refractivity contribution < 1.29 is 9.53 Å². The van der Waals surface area contributed by atoms with Gasteiger partial charge >= 0.3 is 0 Å². The zero-order chi connectivity index (χ0) is 25.1. The number of anilines is 1. The molecule has 188 valence electrons. The Bertz CT molecular complexity index is 1180. The minimum absolute atomic E-state index is 0.0749. The fraction of sp³-hybridized carbons (Fsp3) is 0.429. The van der Waals surface area contributed by atoms with Crippen molar-refractivity contribution in [3.05, 3.63) is 72.1 Å². The fourth-order valence-corrected chi connectivity index (χ4v) is 5.24. The lowest BCUT2D eigenvalue weighted by Crippen LogP contribution is -2.52. The first-order chi connectivity index (χ1) is 17.4. The van der Waals surface area contributed by atoms with Crippen molar-refractivity contribution in [2.24, 2.45) is 10.5 Å². The summed E-state index contributed by atoms with van der Waals surface area (Å²) < 4.78 is 5.15. The summed E-state index contributed by atoms with van der Waals surface area (Å²) in [7, 11) is 1.60. The maximum absolute atomic E-state index is 13.4. The number of hydrogen-bond donors (Lipinski definition) is 0. The minimum Gasteiger partial charge on any atom is -0.494 e. The topological polar surface area (TPSA) is 74.2 Å². The van der Waals surface area contributed by atoms with Crippen LogP contribution in [0.25, 0.3) is 0 Å². The molecule has 1 aromatic heterocycles. The number of nitrogens with zero attached hydrogens (tertiary/aromatic N) is 6. The number of rotatable bonds is 6. The Hall–Kier alpha value is -3.68. The molecule has 0 N–H and O–H groups in total. The molecule has 5 rings (SSSR count). The summed E-state index contributed by atoms with van der Waals surface area (Å²) in [5.41, 5.74) is 3.34. The molecule has 0 bridgehead atoms. The van der Waals surface area contributed by atoms with Crippen LogP contribution in [0.15, 0.2) is 66.1 Å². The molecule has 1 amide bonds. The third-order valence-corrected chi connectivity index (χ3v) is 7.45. The van der Waals surface area contributed by atoms with E-state index in [1.165, 1.54) is 5.56 Å². The zero-order valence-electron chi connectivity index (χ0n) is 21.3. The number of hydrogen-bond acceptors (Lipinski definition) is 7. The van der Waals surface area contributed by atoms with Gasteiger partial charge in [-0.1, -0.05) is 61.1 Å². The molecule has 8 heteroatoms. The van der Waals surface area contributed by atoms with Gasteiger partial charge in [0, 0.05) is 38.0 Å². The van der Waals surface area contributed by atoms with E-state index < -0.39 is 0 Å². The molecule has 1 aromatic carbocycles. The van der Waals surface area contributed by atoms with Gasteiger partial charge < -0.3 is 14.5 Å². The maximum Gasteiger partial charge on any atom is 0.243 e. The van der Waals surface area contributed by atoms with Gasteiger partial charge in [-0.05, 0) is 18.9 Å². The monoisotopic (exact) mass is 486 g/mol. The van der Waals surface area contributed by atoms with Gasteiger partial charge in [0.25, 0.3) is 0 Å². The van der Waals surface area contributed by atoms with Crippen LogP contribution >= 0.6 is 0 Å². The Morgan fingerprint density at radius 1 is 1.14 bits per heavy atom. The molecular weight excluding hydrogens is 452 g/mol. The molecule has 2 unspecified atom stereocenters. The Morgan fingerprint density at radius 3 is 2.58 bits per heavy atom. The standard InChI is InChI=1S/C28H34N6O2/c1-21-8-7-9-22(16-21)24-17-25(28(2)10-5-4-6-11-28)34(31-24)20-26(35)32-12-14-33(15-13-32)27-29-18-23(36-3)19-30-27/h4-10,16,18-19,25H,11-15,17,20H2,1-3H3. The SMILES string of the molecule is COc1cnc(N2CCN(C(=O)CN3N=C(c4cccc(C)c4)CC3C3(C)C=CC=CC3)CC2)nc1. The second kappa shape index (κ2) is 10.1. The van der Waals surface area contributed by atoms with Gasteiger partial charge in [0.1, 0.15) is 6.54 Å². The van der Waals surface area contributed by atoms with Crippen LogP contribution in [-0.4, -0.2) is 77.4 Å². The van der Waals surface area contributed by atoms with Crippen molar-refractivity contribution in [2.45, 2.75) is 32.7 Å². The minimum atomic E-state index is -0.0749. The first kappa shape index (κ1) is 24.0. The zero-order valence-corrected chi connectivity index (χ0v) is 21.3. The number of hydrazone groups is 1. The van der Waals surface area contributed by atoms with Crippen LogP contribution < -0.4 is 9.64 Å². The van der Waals surface area contributed by atoms with E-state index in [0.29, 0.717) is 37.9 Å². The summed E-state index contributed by atoms with van der Waals surface area (Å²) in [6.45, 7) is 7.34. The molecule has 1 aliphatic carbocycles. The van der Waals surface area contributed by atoms with Crippen molar-refractivity contribution >= 4 is 17.6 Å². The Labute approximate surface area is 213 Å². The summed E-state index contributed by atoms with van der Waals surface area (Å²) in [5, 5.41) is 7.06. The second-order valence-electron chi connectivity index (χ2n) is 10.0. The lowest BCUT2D eigenvalue weighted by molar-refractivity contribution is -0.133. The quantitative estimate of drug-likeness (QED) is 0.623. The highest BCUT2D eigenvalue weighted by molar-refractivity contribution is 6.02. The highest BCUT2D eigenvalue weighted by Crippen LogP contribution is 2.39. The number of aromatic nitrogens is 2. The molecule has 36 heavy (non-hydrogen) atoms. The molecule has 2 aromatic rings. The number of carbonyl (C=O) groups excluding carboxylic acids is 1. The summed E-state index contributed by atoms with van der Waals surface area (Å²) in [5.74, 6) is 1.42. The van der Waals surface area contributed by atoms with Gasteiger partial charge in [0.05, 0.1) is 31.3 Å². The van der Waals surface area contributed by atoms with E-state index in [2.05, 4.69) is 77.3 Å². The number of carbonyl (C=O) groups is 1. The second-order valence-corrected chi connectivity index (χ2v) is 10.0. The summed E-state index contributed by atoms with van der Waals surface area (Å²) in [6, 6.07) is 8.61. The van der Waals surface area contributed by atoms with E-state index in [1.54, 1.807) is 19.5 Å². The van der Waals surface area contributed by atoms with Crippen LogP contribution in [0.4, 0.5) is 5.95 Å². The van der Waals surface area contributed by atoms with Gasteiger partial charge in [-0.3, -0.25) is 9.80 Å². The van der Waals surface area contributed by atoms with E-state index in [1.807, 2.05) is 9.91 Å². The lowest BCUT2D eigenvalue weighted by Gasteiger charge is -2.40. The number of aryl methyl sites for hydroxylation is 1. The van der Waals surface area contributed by atoms with Crippen LogP contribution in [0.1, 0.15) is 30.9 Å². The number of benzene rings is 1. The van der Waals surface area contributed by atoms with Gasteiger partial charge in [-0.2, -0.15) is 5.10 Å². The van der Waals surface area contributed by atoms with Crippen LogP contribution in [-0.2, 0) is 4.79 Å². The van der Waals surface area contributed by atoms with E-state index in [0.717, 1.165) is 24.1 Å². The van der Waals surface area contributed by atoms with E-state index in [4.69, 9.17) is 9.84 Å². The highest BCUT2D eigenvalue weighted by Gasteiger charge is 2.41. The third kappa shape index (κ3) is 4.98. The molecule has 8 nitrogen and oxygen atoms in total. The Balaban J connectivity index is 1.28. The molecule has 1 saturated heterocycles. The largest absolute Gasteiger partial charge is 0.494 e. The normalized spacial score (nSPS) is 23.7. The molecule has 3 heterocycles.